The van der Waals surface area contributed by atoms with Crippen molar-refractivity contribution in [2.75, 3.05) is 5.32 Å². The molecule has 0 radical (unpaired) electrons. The van der Waals surface area contributed by atoms with E-state index in [2.05, 4.69) is 32.8 Å². The Kier molecular flexibility index (Phi) is 3.30. The normalized spacial score (nSPS) is 10.6. The van der Waals surface area contributed by atoms with Gasteiger partial charge in [-0.05, 0) is 28.5 Å². The Morgan fingerprint density at radius 1 is 1.30 bits per heavy atom. The van der Waals surface area contributed by atoms with Crippen molar-refractivity contribution in [2.45, 2.75) is 6.54 Å². The molecule has 6 heteroatoms. The molecule has 1 aromatic carbocycles. The van der Waals surface area contributed by atoms with Gasteiger partial charge in [-0.25, -0.2) is 14.8 Å². The van der Waals surface area contributed by atoms with Crippen molar-refractivity contribution in [3.63, 3.8) is 0 Å². The summed E-state index contributed by atoms with van der Waals surface area (Å²) in [5.74, 6) is -0.741. The largest absolute Gasteiger partial charge is 0.477 e. The van der Waals surface area contributed by atoms with Gasteiger partial charge in [0, 0.05) is 17.4 Å². The number of anilines is 1. The number of carbonyl (C=O) groups is 1. The van der Waals surface area contributed by atoms with E-state index in [-0.39, 0.29) is 5.69 Å². The van der Waals surface area contributed by atoms with E-state index in [1.807, 2.05) is 12.1 Å². The van der Waals surface area contributed by atoms with Crippen LogP contribution in [0.4, 0.5) is 5.95 Å². The van der Waals surface area contributed by atoms with Crippen molar-refractivity contribution in [3.05, 3.63) is 53.2 Å². The zero-order valence-corrected chi connectivity index (χ0v) is 11.2. The van der Waals surface area contributed by atoms with Crippen LogP contribution in [0.1, 0.15) is 16.1 Å². The van der Waals surface area contributed by atoms with Gasteiger partial charge in [0.25, 0.3) is 0 Å². The number of aromatic nitrogens is 2. The minimum atomic E-state index is -1.06. The zero-order valence-electron chi connectivity index (χ0n) is 10.4. The molecule has 2 heterocycles. The summed E-state index contributed by atoms with van der Waals surface area (Å²) in [4.78, 5) is 18.8. The predicted octanol–water partition coefficient (Wildman–Crippen LogP) is 3.00. The molecular weight excluding hydrogens is 274 g/mol. The number of nitrogens with one attached hydrogen (secondary N) is 1. The molecule has 0 bridgehead atoms. The average molecular weight is 285 g/mol. The van der Waals surface area contributed by atoms with Crippen LogP contribution in [0.5, 0.6) is 0 Å². The summed E-state index contributed by atoms with van der Waals surface area (Å²) in [6, 6.07) is 9.54. The monoisotopic (exact) mass is 285 g/mol. The van der Waals surface area contributed by atoms with Crippen molar-refractivity contribution < 1.29 is 9.90 Å². The highest BCUT2D eigenvalue weighted by Gasteiger charge is 2.07. The van der Waals surface area contributed by atoms with Gasteiger partial charge in [0.05, 0.1) is 0 Å². The molecule has 5 nitrogen and oxygen atoms in total. The Hall–Kier alpha value is -2.47. The molecule has 2 N–H and O–H groups in total. The Morgan fingerprint density at radius 2 is 2.20 bits per heavy atom. The number of hydrogen-bond donors (Lipinski definition) is 2. The van der Waals surface area contributed by atoms with Crippen molar-refractivity contribution >= 4 is 33.3 Å². The van der Waals surface area contributed by atoms with Gasteiger partial charge in [-0.15, -0.1) is 11.3 Å². The lowest BCUT2D eigenvalue weighted by molar-refractivity contribution is 0.0690. The lowest BCUT2D eigenvalue weighted by Gasteiger charge is -2.06. The number of carboxylic acids is 1. The van der Waals surface area contributed by atoms with Crippen LogP contribution in [0.25, 0.3) is 10.1 Å². The minimum Gasteiger partial charge on any atom is -0.477 e. The SMILES string of the molecule is O=C(O)c1ccnc(NCc2cccc3ccsc23)n1. The van der Waals surface area contributed by atoms with E-state index in [1.165, 1.54) is 22.3 Å². The fraction of sp³-hybridized carbons (Fsp3) is 0.0714. The smallest absolute Gasteiger partial charge is 0.354 e. The van der Waals surface area contributed by atoms with Crippen molar-refractivity contribution in [2.24, 2.45) is 0 Å². The van der Waals surface area contributed by atoms with Crippen molar-refractivity contribution in [3.8, 4) is 0 Å². The quantitative estimate of drug-likeness (QED) is 0.770. The molecule has 0 amide bonds. The molecule has 3 rings (SSSR count). The van der Waals surface area contributed by atoms with Crippen LogP contribution in [0.15, 0.2) is 41.9 Å². The third kappa shape index (κ3) is 2.46. The zero-order chi connectivity index (χ0) is 13.9. The first-order valence-electron chi connectivity index (χ1n) is 5.99. The second-order valence-electron chi connectivity index (χ2n) is 4.18. The maximum absolute atomic E-state index is 10.9. The molecule has 0 fully saturated rings. The molecule has 0 aliphatic heterocycles. The predicted molar refractivity (Wildman–Crippen MR) is 78.1 cm³/mol. The molecule has 0 saturated heterocycles. The molecule has 0 spiro atoms. The van der Waals surface area contributed by atoms with Gasteiger partial charge in [0.1, 0.15) is 0 Å². The lowest BCUT2D eigenvalue weighted by Crippen LogP contribution is -2.07. The number of fused-ring (bicyclic) bond motifs is 1. The Morgan fingerprint density at radius 3 is 3.05 bits per heavy atom. The van der Waals surface area contributed by atoms with Crippen molar-refractivity contribution in [1.29, 1.82) is 0 Å². The average Bonchev–Trinajstić information content (AvgIpc) is 2.94. The van der Waals surface area contributed by atoms with Gasteiger partial charge in [-0.2, -0.15) is 0 Å². The molecular formula is C14H11N3O2S. The van der Waals surface area contributed by atoms with Crippen LogP contribution >= 0.6 is 11.3 Å². The molecule has 0 aliphatic carbocycles. The van der Waals surface area contributed by atoms with Gasteiger partial charge in [0.2, 0.25) is 5.95 Å². The molecule has 20 heavy (non-hydrogen) atoms. The van der Waals surface area contributed by atoms with E-state index in [0.29, 0.717) is 12.5 Å². The van der Waals surface area contributed by atoms with Crippen LogP contribution in [0, 0.1) is 0 Å². The number of nitrogens with zero attached hydrogens (tertiary/aromatic N) is 2. The fourth-order valence-electron chi connectivity index (χ4n) is 1.93. The lowest BCUT2D eigenvalue weighted by atomic mass is 10.2. The van der Waals surface area contributed by atoms with Crippen LogP contribution in [0.2, 0.25) is 0 Å². The van der Waals surface area contributed by atoms with E-state index in [9.17, 15) is 4.79 Å². The second-order valence-corrected chi connectivity index (χ2v) is 5.10. The van der Waals surface area contributed by atoms with E-state index in [4.69, 9.17) is 5.11 Å². The maximum Gasteiger partial charge on any atom is 0.354 e. The molecule has 2 aromatic heterocycles. The van der Waals surface area contributed by atoms with Crippen LogP contribution in [-0.2, 0) is 6.54 Å². The molecule has 0 saturated carbocycles. The highest BCUT2D eigenvalue weighted by atomic mass is 32.1. The van der Waals surface area contributed by atoms with Gasteiger partial charge >= 0.3 is 5.97 Å². The summed E-state index contributed by atoms with van der Waals surface area (Å²) in [6.07, 6.45) is 1.44. The maximum atomic E-state index is 10.9. The highest BCUT2D eigenvalue weighted by molar-refractivity contribution is 7.17. The number of benzene rings is 1. The first-order chi connectivity index (χ1) is 9.74. The fourth-order valence-corrected chi connectivity index (χ4v) is 2.85. The Labute approximate surface area is 118 Å². The summed E-state index contributed by atoms with van der Waals surface area (Å²) >= 11 is 1.68. The van der Waals surface area contributed by atoms with Gasteiger partial charge < -0.3 is 10.4 Å². The summed E-state index contributed by atoms with van der Waals surface area (Å²) in [5, 5.41) is 15.2. The van der Waals surface area contributed by atoms with E-state index in [1.54, 1.807) is 11.3 Å². The number of rotatable bonds is 4. The van der Waals surface area contributed by atoms with Crippen LogP contribution in [0.3, 0.4) is 0 Å². The van der Waals surface area contributed by atoms with Gasteiger partial charge in [-0.1, -0.05) is 18.2 Å². The first-order valence-corrected chi connectivity index (χ1v) is 6.87. The molecule has 0 unspecified atom stereocenters. The molecule has 0 atom stereocenters. The number of aromatic carboxylic acids is 1. The van der Waals surface area contributed by atoms with E-state index < -0.39 is 5.97 Å². The number of hydrogen-bond acceptors (Lipinski definition) is 5. The summed E-state index contributed by atoms with van der Waals surface area (Å²) in [7, 11) is 0. The summed E-state index contributed by atoms with van der Waals surface area (Å²) < 4.78 is 1.22. The van der Waals surface area contributed by atoms with Gasteiger partial charge in [-0.3, -0.25) is 0 Å². The minimum absolute atomic E-state index is 0.0168. The van der Waals surface area contributed by atoms with E-state index >= 15 is 0 Å². The standard InChI is InChI=1S/C14H11N3O2S/c18-13(19)11-4-6-15-14(17-11)16-8-10-3-1-2-9-5-7-20-12(9)10/h1-7H,8H2,(H,18,19)(H,15,16,17). The third-order valence-electron chi connectivity index (χ3n) is 2.87. The molecule has 100 valence electrons. The van der Waals surface area contributed by atoms with Crippen LogP contribution < -0.4 is 5.32 Å². The summed E-state index contributed by atoms with van der Waals surface area (Å²) in [6.45, 7) is 0.556. The Balaban J connectivity index is 1.81. The van der Waals surface area contributed by atoms with E-state index in [0.717, 1.165) is 5.56 Å². The highest BCUT2D eigenvalue weighted by Crippen LogP contribution is 2.25. The molecule has 0 aliphatic rings. The molecule has 3 aromatic rings. The summed E-state index contributed by atoms with van der Waals surface area (Å²) in [5.41, 5.74) is 1.12. The number of carboxylic acid groups (broad SMARTS) is 1. The second kappa shape index (κ2) is 5.26. The third-order valence-corrected chi connectivity index (χ3v) is 3.88. The van der Waals surface area contributed by atoms with Gasteiger partial charge in [0.15, 0.2) is 5.69 Å². The number of thiophene rings is 1. The Bertz CT molecular complexity index is 770. The first kappa shape index (κ1) is 12.6. The topological polar surface area (TPSA) is 75.1 Å². The van der Waals surface area contributed by atoms with Crippen LogP contribution in [-0.4, -0.2) is 21.0 Å². The van der Waals surface area contributed by atoms with Crippen molar-refractivity contribution in [1.82, 2.24) is 9.97 Å².